The molecular weight excluding hydrogens is 721 g/mol. The molecule has 0 radical (unpaired) electrons. The largest absolute Gasteiger partial charge is 0.298 e. The molecule has 0 aliphatic carbocycles. The lowest BCUT2D eigenvalue weighted by atomic mass is 9.70. The van der Waals surface area contributed by atoms with E-state index in [2.05, 4.69) is 202 Å². The number of nitrogens with zero attached hydrogens (tertiary/aromatic N) is 6. The molecule has 0 unspecified atom stereocenters. The van der Waals surface area contributed by atoms with Crippen molar-refractivity contribution >= 4 is 0 Å². The van der Waals surface area contributed by atoms with Gasteiger partial charge >= 0.3 is 0 Å². The topological polar surface area (TPSA) is 19.4 Å². The van der Waals surface area contributed by atoms with Gasteiger partial charge in [0.1, 0.15) is 0 Å². The van der Waals surface area contributed by atoms with Gasteiger partial charge < -0.3 is 0 Å². The predicted molar refractivity (Wildman–Crippen MR) is 264 cm³/mol. The van der Waals surface area contributed by atoms with Gasteiger partial charge in [-0.1, -0.05) is 53.2 Å². The average Bonchev–Trinajstić information content (AvgIpc) is 3.05. The summed E-state index contributed by atoms with van der Waals surface area (Å²) in [7, 11) is 0. The molecule has 6 nitrogen and oxygen atoms in total. The van der Waals surface area contributed by atoms with Crippen LogP contribution >= 0.6 is 0 Å². The van der Waals surface area contributed by atoms with Gasteiger partial charge in [-0.15, -0.1) is 0 Å². The van der Waals surface area contributed by atoms with Gasteiger partial charge in [0, 0.05) is 85.6 Å². The molecule has 350 valence electrons. The Kier molecular flexibility index (Phi) is 18.6. The van der Waals surface area contributed by atoms with Crippen molar-refractivity contribution < 1.29 is 0 Å². The zero-order valence-corrected chi connectivity index (χ0v) is 44.9. The van der Waals surface area contributed by atoms with E-state index in [9.17, 15) is 0 Å². The van der Waals surface area contributed by atoms with E-state index in [0.29, 0.717) is 49.5 Å². The first kappa shape index (κ1) is 54.6. The highest BCUT2D eigenvalue weighted by molar-refractivity contribution is 5.15. The maximum absolute atomic E-state index is 2.65. The van der Waals surface area contributed by atoms with Gasteiger partial charge in [0.05, 0.1) is 0 Å². The highest BCUT2D eigenvalue weighted by atomic mass is 15.3. The Labute approximate surface area is 372 Å². The standard InChI is InChI=1S/C15H30N2.C13H27N.C13H25N.C12H26N2/c1-13(2,3)16-9-7-15(8-10-16)11-17(12-15)14(4,5)6;2*1-12(2,3)11-7-9-14(10-8-11)13(4,5)6;1-11(2,3)13-7-9-14(10-8-13)12(4,5)6/h7-12H2,1-6H3;11H,7-10H2,1-6H3;7H,8-10H2,1-6H3;7-10H2,1-6H3. The zero-order valence-electron chi connectivity index (χ0n) is 44.9. The monoisotopic (exact) mass is 829 g/mol. The molecular formula is C53H108N6. The summed E-state index contributed by atoms with van der Waals surface area (Å²) < 4.78 is 0. The third-order valence-electron chi connectivity index (χ3n) is 14.7. The van der Waals surface area contributed by atoms with Crippen LogP contribution in [0.5, 0.6) is 0 Å². The minimum atomic E-state index is 0.319. The molecule has 0 atom stereocenters. The van der Waals surface area contributed by atoms with Crippen LogP contribution in [0, 0.1) is 22.2 Å². The van der Waals surface area contributed by atoms with Crippen molar-refractivity contribution in [3.8, 4) is 0 Å². The van der Waals surface area contributed by atoms with E-state index >= 15 is 0 Å². The van der Waals surface area contributed by atoms with E-state index in [-0.39, 0.29) is 0 Å². The average molecular weight is 829 g/mol. The lowest BCUT2D eigenvalue weighted by molar-refractivity contribution is -0.0990. The Morgan fingerprint density at radius 3 is 0.983 bits per heavy atom. The molecule has 59 heavy (non-hydrogen) atoms. The molecule has 0 amide bonds. The Hall–Kier alpha value is -0.500. The summed E-state index contributed by atoms with van der Waals surface area (Å²) in [4.78, 5) is 15.6. The van der Waals surface area contributed by atoms with E-state index < -0.39 is 0 Å². The summed E-state index contributed by atoms with van der Waals surface area (Å²) in [5.41, 5.74) is 5.24. The second-order valence-electron chi connectivity index (χ2n) is 27.6. The van der Waals surface area contributed by atoms with Crippen molar-refractivity contribution in [2.24, 2.45) is 22.2 Å². The molecule has 5 aliphatic heterocycles. The molecule has 6 heteroatoms. The third kappa shape index (κ3) is 17.9. The van der Waals surface area contributed by atoms with Crippen LogP contribution in [-0.4, -0.2) is 141 Å². The SMILES string of the molecule is CC(C)(C)C1=CCN(C(C)(C)C)CC1.CC(C)(C)C1CCN(C(C)(C)C)CC1.CC(C)(C)N1CCC2(CC1)CN(C(C)(C)C)C2.CC(C)(C)N1CCN(C(C)(C)C)CC1. The summed E-state index contributed by atoms with van der Waals surface area (Å²) in [6.45, 7) is 70.8. The number of piperidine rings is 2. The van der Waals surface area contributed by atoms with Gasteiger partial charge in [-0.2, -0.15) is 0 Å². The maximum atomic E-state index is 2.65. The first-order chi connectivity index (χ1) is 26.3. The highest BCUT2D eigenvalue weighted by Crippen LogP contribution is 2.44. The van der Waals surface area contributed by atoms with E-state index in [1.54, 1.807) is 5.57 Å². The summed E-state index contributed by atoms with van der Waals surface area (Å²) >= 11 is 0. The Morgan fingerprint density at radius 2 is 0.712 bits per heavy atom. The fourth-order valence-corrected chi connectivity index (χ4v) is 9.63. The van der Waals surface area contributed by atoms with Gasteiger partial charge in [0.2, 0.25) is 0 Å². The van der Waals surface area contributed by atoms with E-state index in [1.807, 2.05) is 0 Å². The zero-order chi connectivity index (χ0) is 45.8. The summed E-state index contributed by atoms with van der Waals surface area (Å²) in [5, 5.41) is 0. The molecule has 0 bridgehead atoms. The van der Waals surface area contributed by atoms with Crippen LogP contribution in [-0.2, 0) is 0 Å². The van der Waals surface area contributed by atoms with Crippen molar-refractivity contribution in [1.29, 1.82) is 0 Å². The van der Waals surface area contributed by atoms with Crippen molar-refractivity contribution in [3.05, 3.63) is 11.6 Å². The molecule has 0 aromatic carbocycles. The van der Waals surface area contributed by atoms with Crippen LogP contribution < -0.4 is 0 Å². The minimum absolute atomic E-state index is 0.319. The molecule has 0 aromatic rings. The van der Waals surface area contributed by atoms with Crippen LogP contribution in [0.1, 0.15) is 198 Å². The number of hydrogen-bond donors (Lipinski definition) is 0. The van der Waals surface area contributed by atoms with Crippen LogP contribution in [0.25, 0.3) is 0 Å². The Balaban J connectivity index is 0.000000272. The maximum Gasteiger partial charge on any atom is 0.0171 e. The highest BCUT2D eigenvalue weighted by Gasteiger charge is 2.48. The smallest absolute Gasteiger partial charge is 0.0171 e. The van der Waals surface area contributed by atoms with Crippen molar-refractivity contribution in [2.45, 2.75) is 232 Å². The second kappa shape index (κ2) is 20.1. The molecule has 5 heterocycles. The van der Waals surface area contributed by atoms with E-state index in [0.717, 1.165) is 12.5 Å². The molecule has 1 spiro atoms. The van der Waals surface area contributed by atoms with E-state index in [1.165, 1.54) is 104 Å². The lowest BCUT2D eigenvalue weighted by Crippen LogP contribution is -2.66. The summed E-state index contributed by atoms with van der Waals surface area (Å²) in [5.74, 6) is 0.918. The normalized spacial score (nSPS) is 23.6. The van der Waals surface area contributed by atoms with Crippen LogP contribution in [0.15, 0.2) is 11.6 Å². The molecule has 0 N–H and O–H groups in total. The van der Waals surface area contributed by atoms with Crippen LogP contribution in [0.4, 0.5) is 0 Å². The van der Waals surface area contributed by atoms with Crippen molar-refractivity contribution in [3.63, 3.8) is 0 Å². The number of piperazine rings is 1. The first-order valence-electron chi connectivity index (χ1n) is 24.5. The summed E-state index contributed by atoms with van der Waals surface area (Å²) in [6.07, 6.45) is 9.21. The molecule has 4 fully saturated rings. The van der Waals surface area contributed by atoms with Gasteiger partial charge in [-0.3, -0.25) is 29.4 Å². The molecule has 5 aliphatic rings. The number of rotatable bonds is 0. The fraction of sp³-hybridized carbons (Fsp3) is 0.962. The van der Waals surface area contributed by atoms with Crippen LogP contribution in [0.3, 0.4) is 0 Å². The van der Waals surface area contributed by atoms with Crippen molar-refractivity contribution in [2.75, 3.05) is 78.5 Å². The van der Waals surface area contributed by atoms with Gasteiger partial charge in [-0.05, 0) is 205 Å². The van der Waals surface area contributed by atoms with Gasteiger partial charge in [0.25, 0.3) is 0 Å². The number of likely N-dealkylation sites (tertiary alicyclic amines) is 3. The summed E-state index contributed by atoms with van der Waals surface area (Å²) in [6, 6.07) is 0. The van der Waals surface area contributed by atoms with E-state index in [4.69, 9.17) is 0 Å². The quantitative estimate of drug-likeness (QED) is 0.225. The van der Waals surface area contributed by atoms with Gasteiger partial charge in [-0.25, -0.2) is 0 Å². The predicted octanol–water partition coefficient (Wildman–Crippen LogP) is 12.2. The third-order valence-corrected chi connectivity index (χ3v) is 14.7. The molecule has 0 saturated carbocycles. The molecule has 0 aromatic heterocycles. The molecule has 5 rings (SSSR count). The lowest BCUT2D eigenvalue weighted by Gasteiger charge is -2.59. The van der Waals surface area contributed by atoms with Crippen LogP contribution in [0.2, 0.25) is 0 Å². The number of hydrogen-bond acceptors (Lipinski definition) is 6. The Bertz CT molecular complexity index is 1150. The minimum Gasteiger partial charge on any atom is -0.298 e. The van der Waals surface area contributed by atoms with Gasteiger partial charge in [0.15, 0.2) is 0 Å². The van der Waals surface area contributed by atoms with Crippen molar-refractivity contribution in [1.82, 2.24) is 29.4 Å². The fourth-order valence-electron chi connectivity index (χ4n) is 9.63. The second-order valence-corrected chi connectivity index (χ2v) is 27.6. The molecule has 4 saturated heterocycles. The Morgan fingerprint density at radius 1 is 0.390 bits per heavy atom. The first-order valence-corrected chi connectivity index (χ1v) is 24.5.